The van der Waals surface area contributed by atoms with Gasteiger partial charge in [-0.2, -0.15) is 0 Å². The van der Waals surface area contributed by atoms with E-state index >= 15 is 0 Å². The number of rotatable bonds is 4. The number of hydrogen-bond donors (Lipinski definition) is 0. The van der Waals surface area contributed by atoms with Crippen LogP contribution >= 0.6 is 0 Å². The van der Waals surface area contributed by atoms with E-state index in [0.29, 0.717) is 36.7 Å². The van der Waals surface area contributed by atoms with E-state index in [2.05, 4.69) is 9.88 Å². The van der Waals surface area contributed by atoms with Crippen molar-refractivity contribution < 1.29 is 14.3 Å². The lowest BCUT2D eigenvalue weighted by molar-refractivity contribution is -0.121. The second kappa shape index (κ2) is 5.82. The molecule has 98 valence electrons. The number of Topliss-reactive ketones (excluding diaryl/α,β-unsaturated/α-hetero) is 1. The van der Waals surface area contributed by atoms with Crippen LogP contribution in [0.5, 0.6) is 11.5 Å². The molecule has 5 nitrogen and oxygen atoms in total. The molecule has 1 aromatic heterocycles. The van der Waals surface area contributed by atoms with E-state index in [0.717, 1.165) is 18.8 Å². The van der Waals surface area contributed by atoms with Gasteiger partial charge in [-0.15, -0.1) is 0 Å². The molecule has 1 aliphatic rings. The standard InChI is InChI=1S/C13H18N2O3/c1-17-12-3-6-14-11(13(12)18-2)9-15-7-4-10(16)5-8-15/h3,6H,4-5,7-9H2,1-2H3. The molecule has 0 amide bonds. The van der Waals surface area contributed by atoms with Crippen LogP contribution in [0.2, 0.25) is 0 Å². The van der Waals surface area contributed by atoms with E-state index in [1.807, 2.05) is 0 Å². The fraction of sp³-hybridized carbons (Fsp3) is 0.538. The van der Waals surface area contributed by atoms with E-state index in [4.69, 9.17) is 9.47 Å². The lowest BCUT2D eigenvalue weighted by Gasteiger charge is -2.26. The predicted octanol–water partition coefficient (Wildman–Crippen LogP) is 1.26. The van der Waals surface area contributed by atoms with Crippen molar-refractivity contribution in [3.63, 3.8) is 0 Å². The summed E-state index contributed by atoms with van der Waals surface area (Å²) in [6, 6.07) is 1.78. The molecule has 0 N–H and O–H groups in total. The van der Waals surface area contributed by atoms with Gasteiger partial charge in [0.2, 0.25) is 0 Å². The Morgan fingerprint density at radius 1 is 1.28 bits per heavy atom. The van der Waals surface area contributed by atoms with Gasteiger partial charge in [-0.25, -0.2) is 0 Å². The Kier molecular flexibility index (Phi) is 4.15. The van der Waals surface area contributed by atoms with Gasteiger partial charge in [-0.1, -0.05) is 0 Å². The molecule has 0 bridgehead atoms. The van der Waals surface area contributed by atoms with E-state index in [-0.39, 0.29) is 0 Å². The van der Waals surface area contributed by atoms with Crippen molar-refractivity contribution in [3.8, 4) is 11.5 Å². The minimum Gasteiger partial charge on any atom is -0.493 e. The number of nitrogens with zero attached hydrogens (tertiary/aromatic N) is 2. The third-order valence-corrected chi connectivity index (χ3v) is 3.15. The number of carbonyl (C=O) groups excluding carboxylic acids is 1. The highest BCUT2D eigenvalue weighted by Crippen LogP contribution is 2.30. The van der Waals surface area contributed by atoms with Gasteiger partial charge in [-0.3, -0.25) is 14.7 Å². The monoisotopic (exact) mass is 250 g/mol. The minimum absolute atomic E-state index is 0.344. The van der Waals surface area contributed by atoms with Gasteiger partial charge >= 0.3 is 0 Å². The van der Waals surface area contributed by atoms with Crippen LogP contribution in [0.15, 0.2) is 12.3 Å². The SMILES string of the molecule is COc1ccnc(CN2CCC(=O)CC2)c1OC. The zero-order chi connectivity index (χ0) is 13.0. The van der Waals surface area contributed by atoms with Gasteiger partial charge in [0, 0.05) is 44.7 Å². The number of methoxy groups -OCH3 is 2. The van der Waals surface area contributed by atoms with Crippen LogP contribution in [0.3, 0.4) is 0 Å². The van der Waals surface area contributed by atoms with Crippen LogP contribution < -0.4 is 9.47 Å². The van der Waals surface area contributed by atoms with Crippen molar-refractivity contribution in [2.24, 2.45) is 0 Å². The number of aromatic nitrogens is 1. The topological polar surface area (TPSA) is 51.7 Å². The van der Waals surface area contributed by atoms with Crippen molar-refractivity contribution in [3.05, 3.63) is 18.0 Å². The van der Waals surface area contributed by atoms with Gasteiger partial charge in [0.15, 0.2) is 11.5 Å². The summed E-state index contributed by atoms with van der Waals surface area (Å²) in [6.07, 6.45) is 2.98. The molecule has 0 radical (unpaired) electrons. The summed E-state index contributed by atoms with van der Waals surface area (Å²) in [5, 5.41) is 0. The first kappa shape index (κ1) is 12.8. The molecule has 1 aromatic rings. The molecular weight excluding hydrogens is 232 g/mol. The fourth-order valence-electron chi connectivity index (χ4n) is 2.14. The van der Waals surface area contributed by atoms with Crippen molar-refractivity contribution in [2.45, 2.75) is 19.4 Å². The molecule has 0 aromatic carbocycles. The molecule has 0 unspecified atom stereocenters. The molecule has 18 heavy (non-hydrogen) atoms. The molecule has 1 fully saturated rings. The first-order valence-corrected chi connectivity index (χ1v) is 6.04. The number of piperidine rings is 1. The number of hydrogen-bond acceptors (Lipinski definition) is 5. The predicted molar refractivity (Wildman–Crippen MR) is 66.9 cm³/mol. The van der Waals surface area contributed by atoms with E-state index in [9.17, 15) is 4.79 Å². The molecule has 0 atom stereocenters. The summed E-state index contributed by atoms with van der Waals surface area (Å²) in [6.45, 7) is 2.27. The summed E-state index contributed by atoms with van der Waals surface area (Å²) in [5.41, 5.74) is 0.853. The number of ketones is 1. The number of carbonyl (C=O) groups is 1. The van der Waals surface area contributed by atoms with Crippen molar-refractivity contribution in [1.29, 1.82) is 0 Å². The summed E-state index contributed by atoms with van der Waals surface area (Å²) in [7, 11) is 3.23. The number of ether oxygens (including phenoxy) is 2. The third kappa shape index (κ3) is 2.79. The minimum atomic E-state index is 0.344. The molecule has 2 heterocycles. The Morgan fingerprint density at radius 2 is 2.00 bits per heavy atom. The first-order chi connectivity index (χ1) is 8.74. The Bertz CT molecular complexity index is 424. The van der Waals surface area contributed by atoms with Gasteiger partial charge in [0.1, 0.15) is 11.5 Å². The van der Waals surface area contributed by atoms with Gasteiger partial charge in [0.05, 0.1) is 14.2 Å². The molecule has 0 aliphatic carbocycles. The molecule has 0 spiro atoms. The Morgan fingerprint density at radius 3 is 2.61 bits per heavy atom. The first-order valence-electron chi connectivity index (χ1n) is 6.04. The highest BCUT2D eigenvalue weighted by Gasteiger charge is 2.19. The normalized spacial score (nSPS) is 16.7. The summed E-state index contributed by atoms with van der Waals surface area (Å²) in [5.74, 6) is 1.71. The number of pyridine rings is 1. The average molecular weight is 250 g/mol. The highest BCUT2D eigenvalue weighted by atomic mass is 16.5. The van der Waals surface area contributed by atoms with Crippen molar-refractivity contribution in [1.82, 2.24) is 9.88 Å². The maximum atomic E-state index is 11.2. The molecule has 1 saturated heterocycles. The van der Waals surface area contributed by atoms with Crippen LogP contribution in [0.4, 0.5) is 0 Å². The summed E-state index contributed by atoms with van der Waals surface area (Å²) in [4.78, 5) is 17.8. The zero-order valence-electron chi connectivity index (χ0n) is 10.8. The Hall–Kier alpha value is -1.62. The van der Waals surface area contributed by atoms with Crippen LogP contribution in [-0.2, 0) is 11.3 Å². The van der Waals surface area contributed by atoms with Crippen LogP contribution in [0, 0.1) is 0 Å². The van der Waals surface area contributed by atoms with E-state index in [1.165, 1.54) is 0 Å². The van der Waals surface area contributed by atoms with Crippen LogP contribution in [0.1, 0.15) is 18.5 Å². The van der Waals surface area contributed by atoms with Gasteiger partial charge in [0.25, 0.3) is 0 Å². The Balaban J connectivity index is 2.11. The lowest BCUT2D eigenvalue weighted by atomic mass is 10.1. The average Bonchev–Trinajstić information content (AvgIpc) is 2.41. The van der Waals surface area contributed by atoms with Gasteiger partial charge < -0.3 is 9.47 Å². The second-order valence-electron chi connectivity index (χ2n) is 4.31. The Labute approximate surface area is 107 Å². The zero-order valence-corrected chi connectivity index (χ0v) is 10.8. The van der Waals surface area contributed by atoms with Crippen molar-refractivity contribution in [2.75, 3.05) is 27.3 Å². The summed E-state index contributed by atoms with van der Waals surface area (Å²) < 4.78 is 10.6. The maximum absolute atomic E-state index is 11.2. The largest absolute Gasteiger partial charge is 0.493 e. The second-order valence-corrected chi connectivity index (χ2v) is 4.31. The van der Waals surface area contributed by atoms with Crippen LogP contribution in [-0.4, -0.2) is 43.0 Å². The molecule has 0 saturated carbocycles. The third-order valence-electron chi connectivity index (χ3n) is 3.15. The van der Waals surface area contributed by atoms with E-state index < -0.39 is 0 Å². The molecule has 5 heteroatoms. The van der Waals surface area contributed by atoms with Crippen molar-refractivity contribution >= 4 is 5.78 Å². The fourth-order valence-corrected chi connectivity index (χ4v) is 2.14. The quantitative estimate of drug-likeness (QED) is 0.805. The van der Waals surface area contributed by atoms with Gasteiger partial charge in [-0.05, 0) is 0 Å². The molecule has 2 rings (SSSR count). The summed E-state index contributed by atoms with van der Waals surface area (Å²) >= 11 is 0. The smallest absolute Gasteiger partial charge is 0.183 e. The lowest BCUT2D eigenvalue weighted by Crippen LogP contribution is -2.33. The molecule has 1 aliphatic heterocycles. The van der Waals surface area contributed by atoms with Crippen LogP contribution in [0.25, 0.3) is 0 Å². The molecular formula is C13H18N2O3. The highest BCUT2D eigenvalue weighted by molar-refractivity contribution is 5.79. The van der Waals surface area contributed by atoms with E-state index in [1.54, 1.807) is 26.5 Å². The number of likely N-dealkylation sites (tertiary alicyclic amines) is 1. The maximum Gasteiger partial charge on any atom is 0.183 e.